The van der Waals surface area contributed by atoms with Gasteiger partial charge in [0.1, 0.15) is 10.1 Å². The quantitative estimate of drug-likeness (QED) is 0.498. The van der Waals surface area contributed by atoms with Crippen molar-refractivity contribution >= 4 is 51.4 Å². The van der Waals surface area contributed by atoms with Gasteiger partial charge >= 0.3 is 0 Å². The maximum absolute atomic E-state index is 13.2. The van der Waals surface area contributed by atoms with Crippen molar-refractivity contribution in [3.8, 4) is 5.75 Å². The van der Waals surface area contributed by atoms with Crippen molar-refractivity contribution in [2.45, 2.75) is 19.8 Å². The Bertz CT molecular complexity index is 1050. The summed E-state index contributed by atoms with van der Waals surface area (Å²) in [6.07, 6.45) is 1.52. The van der Waals surface area contributed by atoms with E-state index in [4.69, 9.17) is 17.0 Å². The third kappa shape index (κ3) is 3.63. The van der Waals surface area contributed by atoms with Gasteiger partial charge < -0.3 is 9.64 Å². The molecule has 2 aliphatic heterocycles. The van der Waals surface area contributed by atoms with Crippen LogP contribution in [-0.2, 0) is 16.0 Å². The van der Waals surface area contributed by atoms with Gasteiger partial charge in [-0.05, 0) is 36.6 Å². The number of nitrogens with zero attached hydrogens (tertiary/aromatic N) is 2. The molecule has 30 heavy (non-hydrogen) atoms. The van der Waals surface area contributed by atoms with E-state index in [2.05, 4.69) is 0 Å². The fourth-order valence-corrected chi connectivity index (χ4v) is 5.10. The van der Waals surface area contributed by atoms with E-state index in [1.54, 1.807) is 16.9 Å². The largest absolute Gasteiger partial charge is 0.497 e. The number of thioether (sulfide) groups is 1. The summed E-state index contributed by atoms with van der Waals surface area (Å²) in [5, 5.41) is 0. The Hall–Kier alpha value is -2.64. The summed E-state index contributed by atoms with van der Waals surface area (Å²) in [6, 6.07) is 15.4. The molecule has 0 radical (unpaired) electrons. The minimum absolute atomic E-state index is 0.117. The summed E-state index contributed by atoms with van der Waals surface area (Å²) in [6.45, 7) is 3.13. The maximum Gasteiger partial charge on any atom is 0.267 e. The molecule has 0 N–H and O–H groups in total. The monoisotopic (exact) mass is 438 g/mol. The minimum Gasteiger partial charge on any atom is -0.497 e. The van der Waals surface area contributed by atoms with Gasteiger partial charge in [-0.25, -0.2) is 0 Å². The van der Waals surface area contributed by atoms with E-state index < -0.39 is 0 Å². The van der Waals surface area contributed by atoms with Gasteiger partial charge in [0.05, 0.1) is 23.3 Å². The molecule has 0 bridgehead atoms. The highest BCUT2D eigenvalue weighted by atomic mass is 32.2. The van der Waals surface area contributed by atoms with Gasteiger partial charge in [0.15, 0.2) is 0 Å². The first-order valence-corrected chi connectivity index (χ1v) is 11.1. The van der Waals surface area contributed by atoms with Crippen LogP contribution < -0.4 is 9.64 Å². The fraction of sp³-hybridized carbons (Fsp3) is 0.261. The van der Waals surface area contributed by atoms with Crippen LogP contribution >= 0.6 is 24.0 Å². The van der Waals surface area contributed by atoms with Gasteiger partial charge in [-0.3, -0.25) is 14.5 Å². The molecule has 4 rings (SSSR count). The van der Waals surface area contributed by atoms with Crippen LogP contribution in [-0.4, -0.2) is 41.2 Å². The van der Waals surface area contributed by atoms with Gasteiger partial charge in [0, 0.05) is 18.7 Å². The summed E-state index contributed by atoms with van der Waals surface area (Å²) in [5.41, 5.74) is 3.24. The lowest BCUT2D eigenvalue weighted by Gasteiger charge is -2.15. The van der Waals surface area contributed by atoms with Gasteiger partial charge in [-0.15, -0.1) is 0 Å². The molecular weight excluding hydrogens is 416 g/mol. The van der Waals surface area contributed by atoms with Crippen LogP contribution in [0.5, 0.6) is 5.75 Å². The third-order valence-corrected chi connectivity index (χ3v) is 6.68. The molecule has 7 heteroatoms. The molecule has 1 fully saturated rings. The highest BCUT2D eigenvalue weighted by molar-refractivity contribution is 8.26. The van der Waals surface area contributed by atoms with E-state index in [0.717, 1.165) is 29.0 Å². The lowest BCUT2D eigenvalue weighted by Crippen LogP contribution is -2.31. The number of fused-ring (bicyclic) bond motifs is 1. The fourth-order valence-electron chi connectivity index (χ4n) is 3.72. The predicted octanol–water partition coefficient (Wildman–Crippen LogP) is 4.27. The first-order chi connectivity index (χ1) is 14.5. The average molecular weight is 439 g/mol. The lowest BCUT2D eigenvalue weighted by atomic mass is 10.1. The minimum atomic E-state index is -0.185. The number of hydrogen-bond acceptors (Lipinski definition) is 5. The van der Waals surface area contributed by atoms with Crippen LogP contribution in [0.4, 0.5) is 5.69 Å². The number of anilines is 1. The van der Waals surface area contributed by atoms with Crippen LogP contribution in [0.25, 0.3) is 5.57 Å². The molecule has 0 saturated carbocycles. The Morgan fingerprint density at radius 1 is 0.967 bits per heavy atom. The van der Waals surface area contributed by atoms with E-state index >= 15 is 0 Å². The summed E-state index contributed by atoms with van der Waals surface area (Å²) in [7, 11) is 1.63. The highest BCUT2D eigenvalue weighted by Gasteiger charge is 2.41. The molecule has 2 aromatic carbocycles. The van der Waals surface area contributed by atoms with E-state index in [1.165, 1.54) is 11.8 Å². The molecule has 2 aromatic rings. The SMILES string of the molecule is CCCN1C(=O)C(=C2SC(=S)N(CCc3ccc(OC)cc3)C2=O)c2ccccc21. The molecule has 0 unspecified atom stereocenters. The van der Waals surface area contributed by atoms with Crippen molar-refractivity contribution in [1.29, 1.82) is 0 Å². The molecule has 5 nitrogen and oxygen atoms in total. The molecule has 154 valence electrons. The molecule has 0 aliphatic carbocycles. The summed E-state index contributed by atoms with van der Waals surface area (Å²) < 4.78 is 5.68. The predicted molar refractivity (Wildman–Crippen MR) is 125 cm³/mol. The van der Waals surface area contributed by atoms with Crippen LogP contribution in [0.1, 0.15) is 24.5 Å². The zero-order valence-electron chi connectivity index (χ0n) is 16.9. The number of methoxy groups -OCH3 is 1. The second-order valence-corrected chi connectivity index (χ2v) is 8.75. The molecule has 2 aliphatic rings. The van der Waals surface area contributed by atoms with Crippen LogP contribution in [0.15, 0.2) is 53.4 Å². The Morgan fingerprint density at radius 3 is 2.40 bits per heavy atom. The van der Waals surface area contributed by atoms with Crippen molar-refractivity contribution in [2.75, 3.05) is 25.1 Å². The zero-order valence-corrected chi connectivity index (χ0v) is 18.5. The van der Waals surface area contributed by atoms with Crippen LogP contribution in [0.3, 0.4) is 0 Å². The number of carbonyl (C=O) groups is 2. The van der Waals surface area contributed by atoms with Gasteiger partial charge in [0.2, 0.25) is 0 Å². The molecule has 0 atom stereocenters. The second-order valence-electron chi connectivity index (χ2n) is 7.10. The topological polar surface area (TPSA) is 49.9 Å². The summed E-state index contributed by atoms with van der Waals surface area (Å²) >= 11 is 6.72. The summed E-state index contributed by atoms with van der Waals surface area (Å²) in [5.74, 6) is 0.493. The Labute approximate surface area is 185 Å². The van der Waals surface area contributed by atoms with Crippen molar-refractivity contribution < 1.29 is 14.3 Å². The van der Waals surface area contributed by atoms with E-state index in [0.29, 0.717) is 34.3 Å². The van der Waals surface area contributed by atoms with Crippen molar-refractivity contribution in [2.24, 2.45) is 0 Å². The number of ether oxygens (including phenoxy) is 1. The van der Waals surface area contributed by atoms with Gasteiger partial charge in [-0.2, -0.15) is 0 Å². The first-order valence-electron chi connectivity index (χ1n) is 9.87. The van der Waals surface area contributed by atoms with E-state index in [-0.39, 0.29) is 11.8 Å². The second kappa shape index (κ2) is 8.62. The Kier molecular flexibility index (Phi) is 5.92. The number of amides is 2. The average Bonchev–Trinajstić information content (AvgIpc) is 3.20. The number of thiocarbonyl (C=S) groups is 1. The van der Waals surface area contributed by atoms with Gasteiger partial charge in [0.25, 0.3) is 11.8 Å². The molecular formula is C23H22N2O3S2. The van der Waals surface area contributed by atoms with Crippen molar-refractivity contribution in [3.05, 3.63) is 64.6 Å². The van der Waals surface area contributed by atoms with Gasteiger partial charge in [-0.1, -0.05) is 61.2 Å². The number of rotatable bonds is 6. The highest BCUT2D eigenvalue weighted by Crippen LogP contribution is 2.44. The van der Waals surface area contributed by atoms with E-state index in [1.807, 2.05) is 55.5 Å². The van der Waals surface area contributed by atoms with E-state index in [9.17, 15) is 9.59 Å². The number of carbonyl (C=O) groups excluding carboxylic acids is 2. The number of benzene rings is 2. The number of para-hydroxylation sites is 1. The molecule has 1 saturated heterocycles. The Balaban J connectivity index is 1.60. The Morgan fingerprint density at radius 2 is 1.70 bits per heavy atom. The normalized spacial score (nSPS) is 18.4. The zero-order chi connectivity index (χ0) is 21.3. The molecule has 0 aromatic heterocycles. The molecule has 0 spiro atoms. The van der Waals surface area contributed by atoms with Crippen molar-refractivity contribution in [1.82, 2.24) is 4.90 Å². The van der Waals surface area contributed by atoms with Crippen LogP contribution in [0, 0.1) is 0 Å². The number of hydrogen-bond donors (Lipinski definition) is 0. The summed E-state index contributed by atoms with van der Waals surface area (Å²) in [4.78, 5) is 30.2. The third-order valence-electron chi connectivity index (χ3n) is 5.23. The lowest BCUT2D eigenvalue weighted by molar-refractivity contribution is -0.122. The molecule has 2 heterocycles. The smallest absolute Gasteiger partial charge is 0.267 e. The van der Waals surface area contributed by atoms with Crippen LogP contribution in [0.2, 0.25) is 0 Å². The van der Waals surface area contributed by atoms with Crippen molar-refractivity contribution in [3.63, 3.8) is 0 Å². The first kappa shape index (κ1) is 20.6. The molecule has 2 amide bonds. The maximum atomic E-state index is 13.2. The standard InChI is InChI=1S/C23H22N2O3S2/c1-3-13-24-18-7-5-4-6-17(18)19(21(24)26)20-22(27)25(23(29)30-20)14-12-15-8-10-16(28-2)11-9-15/h4-11H,3,12-14H2,1-2H3.